The van der Waals surface area contributed by atoms with Crippen molar-refractivity contribution in [3.05, 3.63) is 48.0 Å². The van der Waals surface area contributed by atoms with Crippen LogP contribution in [0.15, 0.2) is 42.5 Å². The van der Waals surface area contributed by atoms with E-state index in [2.05, 4.69) is 24.0 Å². The van der Waals surface area contributed by atoms with Crippen molar-refractivity contribution in [2.45, 2.75) is 91.1 Å². The van der Waals surface area contributed by atoms with E-state index in [-0.39, 0.29) is 18.7 Å². The molecule has 5 N–H and O–H groups in total. The first-order chi connectivity index (χ1) is 14.6. The molecular weight excluding hydrogens is 394 g/mol. The molecule has 0 aromatic heterocycles. The van der Waals surface area contributed by atoms with Crippen LogP contribution in [0.3, 0.4) is 0 Å². The Hall–Kier alpha value is -1.34. The summed E-state index contributed by atoms with van der Waals surface area (Å²) in [6, 6.07) is 9.40. The molecule has 1 fully saturated rings. The maximum atomic E-state index is 11.9. The fraction of sp³-hybridized carbons (Fsp3) is 0.625. The molecule has 0 bridgehead atoms. The van der Waals surface area contributed by atoms with Gasteiger partial charge in [0.05, 0.1) is 6.17 Å². The largest absolute Gasteiger partial charge is 0.460 e. The summed E-state index contributed by atoms with van der Waals surface area (Å²) in [5.41, 5.74) is 12.8. The minimum absolute atomic E-state index is 0.0983. The minimum Gasteiger partial charge on any atom is -0.460 e. The maximum Gasteiger partial charge on any atom is 0.323 e. The Bertz CT molecular complexity index is 526. The van der Waals surface area contributed by atoms with Crippen molar-refractivity contribution in [3.63, 3.8) is 0 Å². The SMILES string of the molecule is CC.CC.CS.NC1CCCC[C@H](C/C=C/CC(N)C(=O)OCc2ccccc2)N1. The molecule has 30 heavy (non-hydrogen) atoms. The quantitative estimate of drug-likeness (QED) is 0.278. The first-order valence-electron chi connectivity index (χ1n) is 11.2. The van der Waals surface area contributed by atoms with Gasteiger partial charge in [-0.2, -0.15) is 12.6 Å². The van der Waals surface area contributed by atoms with E-state index in [9.17, 15) is 4.79 Å². The Balaban J connectivity index is 0. The van der Waals surface area contributed by atoms with Crippen molar-refractivity contribution in [1.29, 1.82) is 0 Å². The van der Waals surface area contributed by atoms with E-state index in [4.69, 9.17) is 16.2 Å². The van der Waals surface area contributed by atoms with Gasteiger partial charge in [-0.05, 0) is 37.5 Å². The molecule has 174 valence electrons. The van der Waals surface area contributed by atoms with Gasteiger partial charge in [-0.3, -0.25) is 10.1 Å². The molecule has 2 unspecified atom stereocenters. The van der Waals surface area contributed by atoms with Crippen LogP contribution >= 0.6 is 12.6 Å². The van der Waals surface area contributed by atoms with Crippen LogP contribution in [0.2, 0.25) is 0 Å². The number of thiol groups is 1. The summed E-state index contributed by atoms with van der Waals surface area (Å²) in [7, 11) is 0. The average Bonchev–Trinajstić information content (AvgIpc) is 3.03. The zero-order valence-electron chi connectivity index (χ0n) is 19.6. The molecule has 1 aliphatic rings. The molecule has 1 aromatic carbocycles. The van der Waals surface area contributed by atoms with Crippen LogP contribution in [-0.2, 0) is 16.1 Å². The first-order valence-corrected chi connectivity index (χ1v) is 12.1. The summed E-state index contributed by atoms with van der Waals surface area (Å²) in [5.74, 6) is -0.363. The Morgan fingerprint density at radius 2 is 1.73 bits per heavy atom. The second-order valence-corrected chi connectivity index (χ2v) is 6.40. The number of nitrogens with one attached hydrogen (secondary N) is 1. The fourth-order valence-electron chi connectivity index (χ4n) is 2.85. The van der Waals surface area contributed by atoms with E-state index in [0.29, 0.717) is 12.5 Å². The van der Waals surface area contributed by atoms with Crippen LogP contribution in [0.4, 0.5) is 0 Å². The Morgan fingerprint density at radius 3 is 2.37 bits per heavy atom. The van der Waals surface area contributed by atoms with Gasteiger partial charge in [-0.25, -0.2) is 0 Å². The van der Waals surface area contributed by atoms with Gasteiger partial charge in [0.15, 0.2) is 0 Å². The summed E-state index contributed by atoms with van der Waals surface area (Å²) in [6.45, 7) is 8.26. The molecule has 1 aliphatic heterocycles. The van der Waals surface area contributed by atoms with Gasteiger partial charge in [0.25, 0.3) is 0 Å². The highest BCUT2D eigenvalue weighted by Gasteiger charge is 2.16. The highest BCUT2D eigenvalue weighted by molar-refractivity contribution is 7.79. The summed E-state index contributed by atoms with van der Waals surface area (Å²) >= 11 is 3.53. The van der Waals surface area contributed by atoms with E-state index in [0.717, 1.165) is 24.8 Å². The predicted molar refractivity (Wildman–Crippen MR) is 134 cm³/mol. The van der Waals surface area contributed by atoms with Crippen LogP contribution in [0.1, 0.15) is 71.8 Å². The number of carbonyl (C=O) groups excluding carboxylic acids is 1. The van der Waals surface area contributed by atoms with Gasteiger partial charge in [0, 0.05) is 6.04 Å². The van der Waals surface area contributed by atoms with Crippen LogP contribution in [0, 0.1) is 0 Å². The smallest absolute Gasteiger partial charge is 0.323 e. The highest BCUT2D eigenvalue weighted by atomic mass is 32.1. The van der Waals surface area contributed by atoms with Gasteiger partial charge >= 0.3 is 5.97 Å². The molecule has 0 radical (unpaired) electrons. The van der Waals surface area contributed by atoms with E-state index >= 15 is 0 Å². The van der Waals surface area contributed by atoms with Crippen molar-refractivity contribution in [1.82, 2.24) is 5.32 Å². The zero-order chi connectivity index (χ0) is 23.2. The third-order valence-corrected chi connectivity index (χ3v) is 4.27. The molecule has 2 rings (SSSR count). The van der Waals surface area contributed by atoms with Crippen molar-refractivity contribution in [3.8, 4) is 0 Å². The third-order valence-electron chi connectivity index (χ3n) is 4.27. The minimum atomic E-state index is -0.616. The Morgan fingerprint density at radius 1 is 1.13 bits per heavy atom. The van der Waals surface area contributed by atoms with Crippen molar-refractivity contribution in [2.75, 3.05) is 6.26 Å². The number of hydrogen-bond donors (Lipinski definition) is 4. The lowest BCUT2D eigenvalue weighted by molar-refractivity contribution is -0.146. The molecule has 0 aliphatic carbocycles. The van der Waals surface area contributed by atoms with Crippen LogP contribution in [0.5, 0.6) is 0 Å². The second-order valence-electron chi connectivity index (χ2n) is 6.40. The van der Waals surface area contributed by atoms with Crippen molar-refractivity contribution >= 4 is 18.6 Å². The summed E-state index contributed by atoms with van der Waals surface area (Å²) < 4.78 is 5.24. The molecule has 5 nitrogen and oxygen atoms in total. The van der Waals surface area contributed by atoms with Gasteiger partial charge in [0.1, 0.15) is 12.6 Å². The standard InChI is InChI=1S/C19H29N3O2.2C2H6.CH4S/c20-17(19(23)24-14-15-8-2-1-3-9-15)12-6-4-10-16-11-5-7-13-18(21)22-16;3*1-2/h1-4,6,8-9,16-18,22H,5,7,10-14,20-21H2;2*1-2H3;2H,1H3/b6-4+;;;/t16-,17?,18?;;;/m0.../s1. The van der Waals surface area contributed by atoms with Crippen molar-refractivity contribution < 1.29 is 9.53 Å². The van der Waals surface area contributed by atoms with Gasteiger partial charge in [-0.15, -0.1) is 0 Å². The lowest BCUT2D eigenvalue weighted by Crippen LogP contribution is -2.42. The topological polar surface area (TPSA) is 90.4 Å². The van der Waals surface area contributed by atoms with Crippen LogP contribution in [0.25, 0.3) is 0 Å². The van der Waals surface area contributed by atoms with E-state index < -0.39 is 6.04 Å². The first kappa shape index (κ1) is 30.9. The summed E-state index contributed by atoms with van der Waals surface area (Å²) in [6.07, 6.45) is 11.8. The van der Waals surface area contributed by atoms with E-state index in [1.165, 1.54) is 12.8 Å². The Labute approximate surface area is 190 Å². The Kier molecular flexibility index (Phi) is 23.0. The monoisotopic (exact) mass is 439 g/mol. The molecule has 0 saturated carbocycles. The molecule has 1 heterocycles. The molecule has 3 atom stereocenters. The number of esters is 1. The molecule has 0 spiro atoms. The normalized spacial score (nSPS) is 18.9. The van der Waals surface area contributed by atoms with Gasteiger partial charge in [-0.1, -0.05) is 83.0 Å². The van der Waals surface area contributed by atoms with E-state index in [1.807, 2.05) is 64.1 Å². The number of carbonyl (C=O) groups is 1. The molecule has 6 heteroatoms. The molecule has 0 amide bonds. The van der Waals surface area contributed by atoms with Crippen LogP contribution in [-0.4, -0.2) is 30.5 Å². The number of rotatable bonds is 7. The lowest BCUT2D eigenvalue weighted by atomic mass is 10.1. The summed E-state index contributed by atoms with van der Waals surface area (Å²) in [5, 5.41) is 3.43. The van der Waals surface area contributed by atoms with Gasteiger partial charge in [0.2, 0.25) is 0 Å². The van der Waals surface area contributed by atoms with Crippen molar-refractivity contribution in [2.24, 2.45) is 11.5 Å². The van der Waals surface area contributed by atoms with E-state index in [1.54, 1.807) is 6.26 Å². The predicted octanol–water partition coefficient (Wildman–Crippen LogP) is 4.81. The highest BCUT2D eigenvalue weighted by Crippen LogP contribution is 2.13. The third kappa shape index (κ3) is 15.5. The molecule has 1 aromatic rings. The number of ether oxygens (including phenoxy) is 1. The summed E-state index contributed by atoms with van der Waals surface area (Å²) in [4.78, 5) is 11.9. The zero-order valence-corrected chi connectivity index (χ0v) is 20.5. The fourth-order valence-corrected chi connectivity index (χ4v) is 2.85. The molecule has 1 saturated heterocycles. The molecular formula is C24H45N3O2S. The lowest BCUT2D eigenvalue weighted by Gasteiger charge is -2.17. The maximum absolute atomic E-state index is 11.9. The van der Waals surface area contributed by atoms with Crippen LogP contribution < -0.4 is 16.8 Å². The number of benzene rings is 1. The second kappa shape index (κ2) is 22.3. The number of hydrogen-bond acceptors (Lipinski definition) is 6. The average molecular weight is 440 g/mol. The van der Waals surface area contributed by atoms with Gasteiger partial charge < -0.3 is 16.2 Å². The number of nitrogens with two attached hydrogens (primary N) is 2.